The average Bonchev–Trinajstić information content (AvgIpc) is 2.90. The Morgan fingerprint density at radius 1 is 1.20 bits per heavy atom. The van der Waals surface area contributed by atoms with Gasteiger partial charge in [-0.05, 0) is 35.1 Å². The highest BCUT2D eigenvalue weighted by molar-refractivity contribution is 8.18. The molecule has 6 nitrogen and oxygen atoms in total. The molecule has 1 aliphatic heterocycles. The maximum atomic E-state index is 11.8. The first-order chi connectivity index (χ1) is 12.0. The summed E-state index contributed by atoms with van der Waals surface area (Å²) in [6.07, 6.45) is 2.87. The topological polar surface area (TPSA) is 92.7 Å². The fourth-order valence-corrected chi connectivity index (χ4v) is 3.16. The number of carbonyl (C=O) groups excluding carboxylic acids is 2. The molecule has 1 saturated heterocycles. The number of ether oxygens (including phenoxy) is 1. The van der Waals surface area contributed by atoms with Crippen molar-refractivity contribution >= 4 is 40.2 Å². The molecule has 0 saturated carbocycles. The highest BCUT2D eigenvalue weighted by Gasteiger charge is 2.25. The van der Waals surface area contributed by atoms with Crippen LogP contribution in [0.1, 0.15) is 26.7 Å². The number of allylic oxidation sites excluding steroid dienone is 1. The van der Waals surface area contributed by atoms with Crippen molar-refractivity contribution in [2.24, 2.45) is 0 Å². The van der Waals surface area contributed by atoms with Crippen LogP contribution in [-0.2, 0) is 14.3 Å². The monoisotopic (exact) mass is 361 g/mol. The van der Waals surface area contributed by atoms with E-state index < -0.39 is 18.5 Å². The van der Waals surface area contributed by atoms with E-state index >= 15 is 0 Å². The molecule has 2 rings (SSSR count). The van der Waals surface area contributed by atoms with Gasteiger partial charge in [0.15, 0.2) is 6.61 Å². The summed E-state index contributed by atoms with van der Waals surface area (Å²) in [6.45, 7) is 3.43. The molecule has 132 valence electrons. The Balaban J connectivity index is 2.65. The zero-order chi connectivity index (χ0) is 18.4. The van der Waals surface area contributed by atoms with Crippen LogP contribution in [0.3, 0.4) is 0 Å². The Hall–Kier alpha value is -2.54. The third-order valence-corrected chi connectivity index (χ3v) is 4.40. The molecular formula is C18H19NO5S. The standard InChI is InChI=1S/C18H19NO5S/c1-3-11(9-15-17(22)19-18(23)25-15)12-7-5-6-8-13(12)14(4-2)24-10-16(20)21/h5-9H,3-4,10H2,1-2H3,(H,20,21)(H,19,22,23)/b12-11+,14-13+,15-9-. The normalized spacial score (nSPS) is 18.1. The van der Waals surface area contributed by atoms with Gasteiger partial charge in [-0.15, -0.1) is 0 Å². The minimum atomic E-state index is -1.04. The van der Waals surface area contributed by atoms with Crippen LogP contribution in [0, 0.1) is 0 Å². The lowest BCUT2D eigenvalue weighted by Gasteiger charge is -2.08. The predicted octanol–water partition coefficient (Wildman–Crippen LogP) is 1.73. The second-order valence-electron chi connectivity index (χ2n) is 5.24. The molecule has 1 heterocycles. The molecule has 0 atom stereocenters. The molecule has 1 fully saturated rings. The molecule has 0 radical (unpaired) electrons. The van der Waals surface area contributed by atoms with Crippen molar-refractivity contribution in [3.8, 4) is 0 Å². The van der Waals surface area contributed by atoms with Gasteiger partial charge in [0.05, 0.1) is 4.91 Å². The maximum absolute atomic E-state index is 11.8. The number of carbonyl (C=O) groups is 3. The van der Waals surface area contributed by atoms with Gasteiger partial charge in [0.2, 0.25) is 0 Å². The second-order valence-corrected chi connectivity index (χ2v) is 6.25. The largest absolute Gasteiger partial charge is 0.486 e. The minimum Gasteiger partial charge on any atom is -0.486 e. The summed E-state index contributed by atoms with van der Waals surface area (Å²) in [5.41, 5.74) is 0.868. The number of nitrogens with one attached hydrogen (secondary N) is 1. The number of hydrogen-bond acceptors (Lipinski definition) is 5. The average molecular weight is 361 g/mol. The first kappa shape index (κ1) is 18.8. The molecule has 0 unspecified atom stereocenters. The Morgan fingerprint density at radius 2 is 1.88 bits per heavy atom. The minimum absolute atomic E-state index is 0.348. The SMILES string of the molecule is CCC(/C=C1\SC(=O)NC1=O)=c1/cccc/c1=C(/CC)OCC(=O)O. The maximum Gasteiger partial charge on any atom is 0.341 e. The number of rotatable bonds is 6. The molecule has 7 heteroatoms. The van der Waals surface area contributed by atoms with E-state index in [-0.39, 0.29) is 5.24 Å². The lowest BCUT2D eigenvalue weighted by atomic mass is 10.1. The molecule has 2 amide bonds. The highest BCUT2D eigenvalue weighted by atomic mass is 32.2. The molecular weight excluding hydrogens is 342 g/mol. The van der Waals surface area contributed by atoms with Crippen molar-refractivity contribution in [1.82, 2.24) is 5.32 Å². The number of hydrogen-bond donors (Lipinski definition) is 2. The molecule has 1 aliphatic rings. The summed E-state index contributed by atoms with van der Waals surface area (Å²) < 4.78 is 5.43. The summed E-state index contributed by atoms with van der Waals surface area (Å²) in [5, 5.41) is 12.3. The van der Waals surface area contributed by atoms with Crippen LogP contribution in [0.2, 0.25) is 0 Å². The number of carboxylic acid groups (broad SMARTS) is 1. The summed E-state index contributed by atoms with van der Waals surface area (Å²) in [7, 11) is 0. The van der Waals surface area contributed by atoms with Crippen LogP contribution in [0.25, 0.3) is 11.3 Å². The van der Waals surface area contributed by atoms with Gasteiger partial charge in [-0.3, -0.25) is 14.9 Å². The van der Waals surface area contributed by atoms with E-state index in [0.717, 1.165) is 27.8 Å². The van der Waals surface area contributed by atoms with Gasteiger partial charge in [0.1, 0.15) is 5.76 Å². The van der Waals surface area contributed by atoms with Crippen LogP contribution >= 0.6 is 11.8 Å². The van der Waals surface area contributed by atoms with Crippen LogP contribution in [0.15, 0.2) is 35.2 Å². The zero-order valence-electron chi connectivity index (χ0n) is 14.0. The van der Waals surface area contributed by atoms with Crippen molar-refractivity contribution in [2.45, 2.75) is 26.7 Å². The Labute approximate surface area is 149 Å². The van der Waals surface area contributed by atoms with Crippen LogP contribution in [0.5, 0.6) is 0 Å². The van der Waals surface area contributed by atoms with E-state index in [0.29, 0.717) is 23.5 Å². The molecule has 0 bridgehead atoms. The summed E-state index contributed by atoms with van der Waals surface area (Å²) >= 11 is 0.871. The number of thioether (sulfide) groups is 1. The smallest absolute Gasteiger partial charge is 0.341 e. The van der Waals surface area contributed by atoms with E-state index in [1.807, 2.05) is 38.1 Å². The van der Waals surface area contributed by atoms with Crippen molar-refractivity contribution < 1.29 is 24.2 Å². The lowest BCUT2D eigenvalue weighted by molar-refractivity contribution is -0.140. The van der Waals surface area contributed by atoms with Crippen LogP contribution in [0.4, 0.5) is 4.79 Å². The molecule has 0 aliphatic carbocycles. The first-order valence-corrected chi connectivity index (χ1v) is 8.68. The molecule has 1 aromatic rings. The Morgan fingerprint density at radius 3 is 2.40 bits per heavy atom. The third kappa shape index (κ3) is 4.73. The lowest BCUT2D eigenvalue weighted by Crippen LogP contribution is -2.30. The zero-order valence-corrected chi connectivity index (χ0v) is 14.8. The van der Waals surface area contributed by atoms with E-state index in [1.165, 1.54) is 0 Å². The van der Waals surface area contributed by atoms with Crippen molar-refractivity contribution in [1.29, 1.82) is 0 Å². The summed E-state index contributed by atoms with van der Waals surface area (Å²) in [6, 6.07) is 7.46. The Bertz CT molecular complexity index is 856. The van der Waals surface area contributed by atoms with Crippen molar-refractivity contribution in [3.63, 3.8) is 0 Å². The van der Waals surface area contributed by atoms with Gasteiger partial charge in [-0.25, -0.2) is 4.79 Å². The first-order valence-electron chi connectivity index (χ1n) is 7.87. The fraction of sp³-hybridized carbons (Fsp3) is 0.278. The van der Waals surface area contributed by atoms with Gasteiger partial charge in [-0.2, -0.15) is 0 Å². The second kappa shape index (κ2) is 8.53. The quantitative estimate of drug-likeness (QED) is 0.750. The number of benzene rings is 1. The van der Waals surface area contributed by atoms with Gasteiger partial charge in [0, 0.05) is 11.6 Å². The summed E-state index contributed by atoms with van der Waals surface area (Å²) in [4.78, 5) is 34.3. The predicted molar refractivity (Wildman–Crippen MR) is 95.9 cm³/mol. The Kier molecular flexibility index (Phi) is 6.41. The van der Waals surface area contributed by atoms with Gasteiger partial charge >= 0.3 is 5.97 Å². The van der Waals surface area contributed by atoms with E-state index in [4.69, 9.17) is 9.84 Å². The number of aliphatic carboxylic acids is 1. The van der Waals surface area contributed by atoms with Crippen LogP contribution in [-0.4, -0.2) is 28.8 Å². The molecule has 0 aromatic heterocycles. The number of amides is 2. The van der Waals surface area contributed by atoms with E-state index in [1.54, 1.807) is 6.08 Å². The number of carboxylic acids is 1. The van der Waals surface area contributed by atoms with Crippen molar-refractivity contribution in [2.75, 3.05) is 6.61 Å². The van der Waals surface area contributed by atoms with E-state index in [2.05, 4.69) is 5.32 Å². The van der Waals surface area contributed by atoms with Gasteiger partial charge in [-0.1, -0.05) is 38.1 Å². The molecule has 0 spiro atoms. The van der Waals surface area contributed by atoms with Gasteiger partial charge < -0.3 is 9.84 Å². The van der Waals surface area contributed by atoms with E-state index in [9.17, 15) is 14.4 Å². The highest BCUT2D eigenvalue weighted by Crippen LogP contribution is 2.25. The molecule has 1 aromatic carbocycles. The molecule has 25 heavy (non-hydrogen) atoms. The van der Waals surface area contributed by atoms with Gasteiger partial charge in [0.25, 0.3) is 11.1 Å². The third-order valence-electron chi connectivity index (χ3n) is 3.59. The molecule has 2 N–H and O–H groups in total. The van der Waals surface area contributed by atoms with Crippen molar-refractivity contribution in [3.05, 3.63) is 45.7 Å². The fourth-order valence-electron chi connectivity index (χ4n) is 2.47. The summed E-state index contributed by atoms with van der Waals surface area (Å²) in [5.74, 6) is -0.870. The van der Waals surface area contributed by atoms with Crippen LogP contribution < -0.4 is 15.8 Å². The number of imide groups is 1.